The predicted octanol–water partition coefficient (Wildman–Crippen LogP) is 1.22. The van der Waals surface area contributed by atoms with Gasteiger partial charge in [0.05, 0.1) is 29.8 Å². The van der Waals surface area contributed by atoms with Gasteiger partial charge in [0.2, 0.25) is 0 Å². The van der Waals surface area contributed by atoms with E-state index >= 15 is 0 Å². The van der Waals surface area contributed by atoms with Crippen LogP contribution in [0.15, 0.2) is 42.5 Å². The van der Waals surface area contributed by atoms with Gasteiger partial charge in [0.25, 0.3) is 11.6 Å². The van der Waals surface area contributed by atoms with Crippen molar-refractivity contribution in [3.63, 3.8) is 0 Å². The summed E-state index contributed by atoms with van der Waals surface area (Å²) < 4.78 is 5.00. The van der Waals surface area contributed by atoms with Crippen molar-refractivity contribution in [2.45, 2.75) is 0 Å². The minimum atomic E-state index is -1.48. The summed E-state index contributed by atoms with van der Waals surface area (Å²) in [6, 6.07) is 9.21. The number of benzene rings is 2. The molecule has 8 nitrogen and oxygen atoms in total. The SMILES string of the molecule is COc1cc([N+](=O)[O-])ccc1NC(=O)c1ccccc1C(=O)[O-]. The molecule has 0 heterocycles. The van der Waals surface area contributed by atoms with Gasteiger partial charge in [-0.2, -0.15) is 0 Å². The first-order chi connectivity index (χ1) is 10.9. The molecule has 2 aromatic rings. The van der Waals surface area contributed by atoms with Gasteiger partial charge in [-0.1, -0.05) is 18.2 Å². The number of carbonyl (C=O) groups excluding carboxylic acids is 2. The second kappa shape index (κ2) is 6.56. The van der Waals surface area contributed by atoms with E-state index in [9.17, 15) is 24.8 Å². The van der Waals surface area contributed by atoms with Crippen LogP contribution in [0.1, 0.15) is 20.7 Å². The average molecular weight is 315 g/mol. The van der Waals surface area contributed by atoms with Crippen LogP contribution in [0.5, 0.6) is 5.75 Å². The van der Waals surface area contributed by atoms with Crippen molar-refractivity contribution < 1.29 is 24.4 Å². The molecular weight excluding hydrogens is 304 g/mol. The number of rotatable bonds is 5. The molecule has 118 valence electrons. The van der Waals surface area contributed by atoms with Crippen molar-refractivity contribution in [1.82, 2.24) is 0 Å². The third-order valence-corrected chi connectivity index (χ3v) is 3.04. The highest BCUT2D eigenvalue weighted by Gasteiger charge is 2.16. The highest BCUT2D eigenvalue weighted by atomic mass is 16.6. The Morgan fingerprint density at radius 2 is 1.78 bits per heavy atom. The van der Waals surface area contributed by atoms with Crippen LogP contribution in [-0.2, 0) is 0 Å². The number of carboxylic acids is 1. The van der Waals surface area contributed by atoms with Gasteiger partial charge in [0, 0.05) is 17.2 Å². The molecule has 23 heavy (non-hydrogen) atoms. The van der Waals surface area contributed by atoms with Crippen molar-refractivity contribution in [3.8, 4) is 5.75 Å². The molecule has 0 fully saturated rings. The summed E-state index contributed by atoms with van der Waals surface area (Å²) in [5, 5.41) is 24.2. The van der Waals surface area contributed by atoms with Crippen LogP contribution in [0.25, 0.3) is 0 Å². The summed E-state index contributed by atoms with van der Waals surface area (Å²) in [6.45, 7) is 0. The number of nitro benzene ring substituents is 1. The fraction of sp³-hybridized carbons (Fsp3) is 0.0667. The number of amides is 1. The number of aromatic carboxylic acids is 1. The number of hydrogen-bond acceptors (Lipinski definition) is 6. The molecule has 0 aliphatic carbocycles. The van der Waals surface area contributed by atoms with E-state index in [2.05, 4.69) is 5.32 Å². The van der Waals surface area contributed by atoms with Crippen molar-refractivity contribution in [1.29, 1.82) is 0 Å². The predicted molar refractivity (Wildman–Crippen MR) is 78.4 cm³/mol. The number of methoxy groups -OCH3 is 1. The van der Waals surface area contributed by atoms with Crippen LogP contribution in [0.3, 0.4) is 0 Å². The smallest absolute Gasteiger partial charge is 0.273 e. The van der Waals surface area contributed by atoms with Gasteiger partial charge in [0.1, 0.15) is 5.75 Å². The maximum atomic E-state index is 12.2. The topological polar surface area (TPSA) is 122 Å². The van der Waals surface area contributed by atoms with E-state index in [1.807, 2.05) is 0 Å². The first-order valence-corrected chi connectivity index (χ1v) is 6.38. The van der Waals surface area contributed by atoms with E-state index in [4.69, 9.17) is 4.74 Å². The van der Waals surface area contributed by atoms with E-state index in [-0.39, 0.29) is 28.3 Å². The van der Waals surface area contributed by atoms with E-state index in [1.165, 1.54) is 43.5 Å². The fourth-order valence-electron chi connectivity index (χ4n) is 1.95. The Kier molecular flexibility index (Phi) is 4.55. The molecule has 0 unspecified atom stereocenters. The lowest BCUT2D eigenvalue weighted by molar-refractivity contribution is -0.384. The summed E-state index contributed by atoms with van der Waals surface area (Å²) in [4.78, 5) is 33.4. The van der Waals surface area contributed by atoms with Crippen LogP contribution < -0.4 is 15.2 Å². The van der Waals surface area contributed by atoms with E-state index in [0.717, 1.165) is 6.07 Å². The molecule has 2 aromatic carbocycles. The lowest BCUT2D eigenvalue weighted by Crippen LogP contribution is -2.26. The Labute approximate surface area is 130 Å². The lowest BCUT2D eigenvalue weighted by atomic mass is 10.1. The molecule has 2 rings (SSSR count). The summed E-state index contributed by atoms with van der Waals surface area (Å²) in [7, 11) is 1.30. The maximum Gasteiger partial charge on any atom is 0.273 e. The Morgan fingerprint density at radius 1 is 1.13 bits per heavy atom. The minimum Gasteiger partial charge on any atom is -0.545 e. The zero-order chi connectivity index (χ0) is 17.0. The van der Waals surface area contributed by atoms with Crippen molar-refractivity contribution in [3.05, 3.63) is 63.7 Å². The standard InChI is InChI=1S/C15H12N2O6/c1-23-13-8-9(17(21)22)6-7-12(13)16-14(18)10-4-2-3-5-11(10)15(19)20/h2-8H,1H3,(H,16,18)(H,19,20)/p-1. The van der Waals surface area contributed by atoms with Crippen LogP contribution in [0, 0.1) is 10.1 Å². The van der Waals surface area contributed by atoms with Gasteiger partial charge in [0.15, 0.2) is 0 Å². The largest absolute Gasteiger partial charge is 0.545 e. The molecule has 0 saturated carbocycles. The molecule has 0 bridgehead atoms. The van der Waals surface area contributed by atoms with Crippen LogP contribution in [-0.4, -0.2) is 23.9 Å². The van der Waals surface area contributed by atoms with Crippen LogP contribution in [0.2, 0.25) is 0 Å². The number of ether oxygens (including phenoxy) is 1. The first kappa shape index (κ1) is 16.0. The zero-order valence-electron chi connectivity index (χ0n) is 11.9. The number of carboxylic acid groups (broad SMARTS) is 1. The van der Waals surface area contributed by atoms with Gasteiger partial charge in [-0.15, -0.1) is 0 Å². The normalized spacial score (nSPS) is 9.96. The average Bonchev–Trinajstić information content (AvgIpc) is 2.54. The third-order valence-electron chi connectivity index (χ3n) is 3.04. The van der Waals surface area contributed by atoms with E-state index in [0.29, 0.717) is 0 Å². The second-order valence-electron chi connectivity index (χ2n) is 4.43. The molecule has 0 aliphatic heterocycles. The van der Waals surface area contributed by atoms with Gasteiger partial charge in [-0.3, -0.25) is 14.9 Å². The summed E-state index contributed by atoms with van der Waals surface area (Å²) in [5.74, 6) is -2.10. The molecule has 0 atom stereocenters. The van der Waals surface area contributed by atoms with Gasteiger partial charge >= 0.3 is 0 Å². The van der Waals surface area contributed by atoms with Gasteiger partial charge < -0.3 is 20.0 Å². The Hall–Kier alpha value is -3.42. The number of nitrogens with zero attached hydrogens (tertiary/aromatic N) is 1. The lowest BCUT2D eigenvalue weighted by Gasteiger charge is -2.12. The molecule has 1 N–H and O–H groups in total. The number of hydrogen-bond donors (Lipinski definition) is 1. The highest BCUT2D eigenvalue weighted by molar-refractivity contribution is 6.10. The number of carbonyl (C=O) groups is 2. The van der Waals surface area contributed by atoms with Crippen molar-refractivity contribution in [2.75, 3.05) is 12.4 Å². The van der Waals surface area contributed by atoms with E-state index in [1.54, 1.807) is 0 Å². The Bertz CT molecular complexity index is 787. The molecule has 1 amide bonds. The summed E-state index contributed by atoms with van der Waals surface area (Å²) in [5.41, 5.74) is -0.370. The molecule has 0 aromatic heterocycles. The Morgan fingerprint density at radius 3 is 2.35 bits per heavy atom. The Balaban J connectivity index is 2.34. The molecule has 8 heteroatoms. The third kappa shape index (κ3) is 3.43. The number of nitro groups is 1. The maximum absolute atomic E-state index is 12.2. The van der Waals surface area contributed by atoms with Crippen LogP contribution in [0.4, 0.5) is 11.4 Å². The monoisotopic (exact) mass is 315 g/mol. The summed E-state index contributed by atoms with van der Waals surface area (Å²) >= 11 is 0. The minimum absolute atomic E-state index is 0.0819. The quantitative estimate of drug-likeness (QED) is 0.654. The molecular formula is C15H11N2O6-. The zero-order valence-corrected chi connectivity index (χ0v) is 11.9. The van der Waals surface area contributed by atoms with Gasteiger partial charge in [-0.05, 0) is 12.1 Å². The molecule has 0 aliphatic rings. The number of nitrogens with one attached hydrogen (secondary N) is 1. The second-order valence-corrected chi connectivity index (χ2v) is 4.43. The first-order valence-electron chi connectivity index (χ1n) is 6.38. The van der Waals surface area contributed by atoms with Crippen molar-refractivity contribution in [2.24, 2.45) is 0 Å². The molecule has 0 radical (unpaired) electrons. The highest BCUT2D eigenvalue weighted by Crippen LogP contribution is 2.29. The van der Waals surface area contributed by atoms with E-state index < -0.39 is 16.8 Å². The fourth-order valence-corrected chi connectivity index (χ4v) is 1.95. The number of non-ortho nitro benzene ring substituents is 1. The molecule has 0 saturated heterocycles. The summed E-state index contributed by atoms with van der Waals surface area (Å²) in [6.07, 6.45) is 0. The number of anilines is 1. The van der Waals surface area contributed by atoms with Gasteiger partial charge in [-0.25, -0.2) is 0 Å². The molecule has 0 spiro atoms. The van der Waals surface area contributed by atoms with Crippen molar-refractivity contribution >= 4 is 23.3 Å². The van der Waals surface area contributed by atoms with Crippen LogP contribution >= 0.6 is 0 Å².